The Balaban J connectivity index is 1.97. The van der Waals surface area contributed by atoms with Gasteiger partial charge >= 0.3 is 0 Å². The van der Waals surface area contributed by atoms with Gasteiger partial charge in [0.2, 0.25) is 0 Å². The van der Waals surface area contributed by atoms with Crippen LogP contribution >= 0.6 is 11.6 Å². The van der Waals surface area contributed by atoms with Gasteiger partial charge in [-0.25, -0.2) is 4.39 Å². The average Bonchev–Trinajstić information content (AvgIpc) is 3.10. The van der Waals surface area contributed by atoms with Crippen LogP contribution in [0.1, 0.15) is 32.3 Å². The molecule has 1 unspecified atom stereocenters. The minimum Gasteiger partial charge on any atom is -0.314 e. The fourth-order valence-electron chi connectivity index (χ4n) is 2.12. The lowest BCUT2D eigenvalue weighted by molar-refractivity contribution is 0.355. The Morgan fingerprint density at radius 2 is 2.11 bits per heavy atom. The minimum absolute atomic E-state index is 0.181. The van der Waals surface area contributed by atoms with E-state index in [-0.39, 0.29) is 5.82 Å². The molecule has 1 aromatic rings. The number of benzene rings is 1. The highest BCUT2D eigenvalue weighted by Gasteiger charge is 2.23. The van der Waals surface area contributed by atoms with Crippen LogP contribution in [0.25, 0.3) is 0 Å². The first-order valence-corrected chi connectivity index (χ1v) is 7.11. The Kier molecular flexibility index (Phi) is 4.63. The lowest BCUT2D eigenvalue weighted by Crippen LogP contribution is -2.29. The number of hydrogen-bond donors (Lipinski definition) is 1. The third-order valence-corrected chi connectivity index (χ3v) is 3.92. The maximum Gasteiger partial charge on any atom is 0.127 e. The summed E-state index contributed by atoms with van der Waals surface area (Å²) in [6, 6.07) is 5.69. The molecule has 0 aromatic heterocycles. The van der Waals surface area contributed by atoms with E-state index in [4.69, 9.17) is 11.6 Å². The molecule has 2 rings (SSSR count). The molecule has 0 heterocycles. The Hall–Kier alpha value is -0.600. The van der Waals surface area contributed by atoms with Gasteiger partial charge in [-0.2, -0.15) is 0 Å². The van der Waals surface area contributed by atoms with Crippen LogP contribution in [0.15, 0.2) is 18.2 Å². The van der Waals surface area contributed by atoms with E-state index in [0.29, 0.717) is 22.9 Å². The topological polar surface area (TPSA) is 12.0 Å². The zero-order valence-electron chi connectivity index (χ0n) is 11.0. The van der Waals surface area contributed by atoms with Crippen molar-refractivity contribution < 1.29 is 4.39 Å². The molecule has 1 N–H and O–H groups in total. The molecule has 1 saturated carbocycles. The molecule has 100 valence electrons. The first kappa shape index (κ1) is 13.8. The molecule has 3 heteroatoms. The highest BCUT2D eigenvalue weighted by atomic mass is 35.5. The summed E-state index contributed by atoms with van der Waals surface area (Å²) >= 11 is 5.77. The van der Waals surface area contributed by atoms with Crippen LogP contribution in [0.3, 0.4) is 0 Å². The van der Waals surface area contributed by atoms with Gasteiger partial charge in [0, 0.05) is 11.1 Å². The summed E-state index contributed by atoms with van der Waals surface area (Å²) < 4.78 is 13.8. The van der Waals surface area contributed by atoms with Crippen LogP contribution in [0.2, 0.25) is 5.02 Å². The maximum atomic E-state index is 13.8. The van der Waals surface area contributed by atoms with Crippen molar-refractivity contribution in [3.05, 3.63) is 34.6 Å². The summed E-state index contributed by atoms with van der Waals surface area (Å²) in [5.74, 6) is 0.840. The van der Waals surface area contributed by atoms with Crippen LogP contribution in [0.4, 0.5) is 4.39 Å². The van der Waals surface area contributed by atoms with Crippen LogP contribution in [0.5, 0.6) is 0 Å². The second kappa shape index (κ2) is 6.03. The van der Waals surface area contributed by atoms with E-state index in [0.717, 1.165) is 18.5 Å². The van der Waals surface area contributed by atoms with Crippen molar-refractivity contribution in [2.24, 2.45) is 11.8 Å². The first-order valence-electron chi connectivity index (χ1n) is 6.73. The molecule has 0 saturated heterocycles. The summed E-state index contributed by atoms with van der Waals surface area (Å²) in [5, 5.41) is 4.01. The summed E-state index contributed by atoms with van der Waals surface area (Å²) in [5.41, 5.74) is 0.774. The molecule has 0 aliphatic heterocycles. The molecule has 0 spiro atoms. The van der Waals surface area contributed by atoms with Crippen molar-refractivity contribution in [1.29, 1.82) is 0 Å². The average molecular weight is 270 g/mol. The SMILES string of the molecule is CC(C)C(CNC1CC1)Cc1ccc(Cl)cc1F. The van der Waals surface area contributed by atoms with E-state index >= 15 is 0 Å². The van der Waals surface area contributed by atoms with Crippen LogP contribution < -0.4 is 5.32 Å². The Morgan fingerprint density at radius 3 is 2.67 bits per heavy atom. The molecule has 1 nitrogen and oxygen atoms in total. The van der Waals surface area contributed by atoms with Crippen molar-refractivity contribution in [3.63, 3.8) is 0 Å². The predicted octanol–water partition coefficient (Wildman–Crippen LogP) is 4.05. The van der Waals surface area contributed by atoms with Gasteiger partial charge in [0.1, 0.15) is 5.82 Å². The van der Waals surface area contributed by atoms with Gasteiger partial charge in [-0.3, -0.25) is 0 Å². The molecule has 1 atom stereocenters. The Morgan fingerprint density at radius 1 is 1.39 bits per heavy atom. The van der Waals surface area contributed by atoms with Gasteiger partial charge in [-0.05, 0) is 55.3 Å². The lowest BCUT2D eigenvalue weighted by atomic mass is 9.89. The molecule has 1 aliphatic carbocycles. The summed E-state index contributed by atoms with van der Waals surface area (Å²) in [6.07, 6.45) is 3.36. The van der Waals surface area contributed by atoms with Gasteiger partial charge in [0.15, 0.2) is 0 Å². The third kappa shape index (κ3) is 3.96. The van der Waals surface area contributed by atoms with E-state index in [1.807, 2.05) is 6.07 Å². The minimum atomic E-state index is -0.181. The predicted molar refractivity (Wildman–Crippen MR) is 74.5 cm³/mol. The highest BCUT2D eigenvalue weighted by Crippen LogP contribution is 2.23. The van der Waals surface area contributed by atoms with E-state index in [2.05, 4.69) is 19.2 Å². The first-order chi connectivity index (χ1) is 8.56. The molecule has 0 amide bonds. The standard InChI is InChI=1S/C15H21ClFN/c1-10(2)12(9-18-14-5-6-14)7-11-3-4-13(16)8-15(11)17/h3-4,8,10,12,14,18H,5-7,9H2,1-2H3. The fraction of sp³-hybridized carbons (Fsp3) is 0.600. The largest absolute Gasteiger partial charge is 0.314 e. The van der Waals surface area contributed by atoms with Gasteiger partial charge in [0.05, 0.1) is 0 Å². The van der Waals surface area contributed by atoms with Gasteiger partial charge < -0.3 is 5.32 Å². The molecule has 1 aromatic carbocycles. The third-order valence-electron chi connectivity index (χ3n) is 3.69. The van der Waals surface area contributed by atoms with Gasteiger partial charge in [-0.15, -0.1) is 0 Å². The number of nitrogens with one attached hydrogen (secondary N) is 1. The fourth-order valence-corrected chi connectivity index (χ4v) is 2.28. The summed E-state index contributed by atoms with van der Waals surface area (Å²) in [7, 11) is 0. The Labute approximate surface area is 114 Å². The van der Waals surface area contributed by atoms with Crippen molar-refractivity contribution in [1.82, 2.24) is 5.32 Å². The maximum absolute atomic E-state index is 13.8. The molecular weight excluding hydrogens is 249 g/mol. The van der Waals surface area contributed by atoms with E-state index in [1.165, 1.54) is 18.9 Å². The second-order valence-electron chi connectivity index (χ2n) is 5.63. The Bertz CT molecular complexity index is 401. The van der Waals surface area contributed by atoms with E-state index in [1.54, 1.807) is 6.07 Å². The molecule has 0 bridgehead atoms. The summed E-state index contributed by atoms with van der Waals surface area (Å²) in [4.78, 5) is 0. The van der Waals surface area contributed by atoms with E-state index < -0.39 is 0 Å². The molecular formula is C15H21ClFN. The number of halogens is 2. The van der Waals surface area contributed by atoms with Crippen LogP contribution in [-0.2, 0) is 6.42 Å². The monoisotopic (exact) mass is 269 g/mol. The smallest absolute Gasteiger partial charge is 0.127 e. The highest BCUT2D eigenvalue weighted by molar-refractivity contribution is 6.30. The quantitative estimate of drug-likeness (QED) is 0.822. The number of rotatable bonds is 6. The lowest BCUT2D eigenvalue weighted by Gasteiger charge is -2.22. The zero-order valence-corrected chi connectivity index (χ0v) is 11.8. The normalized spacial score (nSPS) is 17.2. The second-order valence-corrected chi connectivity index (χ2v) is 6.06. The van der Waals surface area contributed by atoms with E-state index in [9.17, 15) is 4.39 Å². The van der Waals surface area contributed by atoms with Crippen molar-refractivity contribution in [3.8, 4) is 0 Å². The number of hydrogen-bond acceptors (Lipinski definition) is 1. The van der Waals surface area contributed by atoms with Gasteiger partial charge in [-0.1, -0.05) is 31.5 Å². The van der Waals surface area contributed by atoms with Gasteiger partial charge in [0.25, 0.3) is 0 Å². The zero-order chi connectivity index (χ0) is 13.1. The van der Waals surface area contributed by atoms with Crippen molar-refractivity contribution in [2.75, 3.05) is 6.54 Å². The van der Waals surface area contributed by atoms with Crippen molar-refractivity contribution in [2.45, 2.75) is 39.2 Å². The van der Waals surface area contributed by atoms with Crippen molar-refractivity contribution >= 4 is 11.6 Å². The molecule has 18 heavy (non-hydrogen) atoms. The molecule has 1 aliphatic rings. The molecule has 1 fully saturated rings. The van der Waals surface area contributed by atoms with Crippen LogP contribution in [0, 0.1) is 17.7 Å². The van der Waals surface area contributed by atoms with Crippen LogP contribution in [-0.4, -0.2) is 12.6 Å². The molecule has 0 radical (unpaired) electrons. The summed E-state index contributed by atoms with van der Waals surface area (Å²) in [6.45, 7) is 5.38.